The van der Waals surface area contributed by atoms with Gasteiger partial charge in [0.15, 0.2) is 0 Å². The first-order chi connectivity index (χ1) is 8.61. The molecule has 0 spiro atoms. The van der Waals surface area contributed by atoms with Crippen molar-refractivity contribution in [1.29, 1.82) is 0 Å². The fourth-order valence-corrected chi connectivity index (χ4v) is 3.69. The molecule has 2 atom stereocenters. The maximum Gasteiger partial charge on any atom is 0.306 e. The summed E-state index contributed by atoms with van der Waals surface area (Å²) in [5.74, 6) is 1.50. The number of ether oxygens (including phenoxy) is 1. The molecule has 2 rings (SSSR count). The van der Waals surface area contributed by atoms with Crippen molar-refractivity contribution in [2.24, 2.45) is 11.8 Å². The molecule has 2 nitrogen and oxygen atoms in total. The van der Waals surface area contributed by atoms with Crippen molar-refractivity contribution in [2.75, 3.05) is 0 Å². The van der Waals surface area contributed by atoms with Crippen LogP contribution in [0.5, 0.6) is 0 Å². The van der Waals surface area contributed by atoms with Gasteiger partial charge < -0.3 is 4.74 Å². The molecule has 0 heterocycles. The topological polar surface area (TPSA) is 26.3 Å². The van der Waals surface area contributed by atoms with Crippen LogP contribution in [0.3, 0.4) is 0 Å². The van der Waals surface area contributed by atoms with E-state index in [1.165, 1.54) is 44.9 Å². The molecule has 2 aliphatic carbocycles. The molecule has 0 aromatic carbocycles. The lowest BCUT2D eigenvalue weighted by molar-refractivity contribution is -0.162. The molecule has 0 aromatic heterocycles. The summed E-state index contributed by atoms with van der Waals surface area (Å²) in [5.41, 5.74) is -0.155. The highest BCUT2D eigenvalue weighted by Gasteiger charge is 2.32. The third kappa shape index (κ3) is 3.73. The number of carbonyl (C=O) groups is 1. The number of rotatable bonds is 4. The average Bonchev–Trinajstić information content (AvgIpc) is 2.76. The minimum Gasteiger partial charge on any atom is -0.459 e. The van der Waals surface area contributed by atoms with Gasteiger partial charge in [-0.25, -0.2) is 0 Å². The van der Waals surface area contributed by atoms with Gasteiger partial charge in [-0.05, 0) is 57.3 Å². The third-order valence-electron chi connectivity index (χ3n) is 4.95. The molecule has 0 N–H and O–H groups in total. The largest absolute Gasteiger partial charge is 0.459 e. The van der Waals surface area contributed by atoms with Crippen molar-refractivity contribution in [3.05, 3.63) is 0 Å². The van der Waals surface area contributed by atoms with Crippen LogP contribution >= 0.6 is 0 Å². The number of esters is 1. The van der Waals surface area contributed by atoms with Gasteiger partial charge >= 0.3 is 5.97 Å². The fourth-order valence-electron chi connectivity index (χ4n) is 3.69. The molecular formula is C16H28O2. The molecule has 0 radical (unpaired) electrons. The minimum atomic E-state index is -0.155. The summed E-state index contributed by atoms with van der Waals surface area (Å²) in [6, 6.07) is 0. The van der Waals surface area contributed by atoms with Crippen molar-refractivity contribution in [3.8, 4) is 0 Å². The van der Waals surface area contributed by atoms with Gasteiger partial charge in [0.1, 0.15) is 5.60 Å². The van der Waals surface area contributed by atoms with E-state index in [1.807, 2.05) is 0 Å². The van der Waals surface area contributed by atoms with Crippen molar-refractivity contribution in [3.63, 3.8) is 0 Å². The van der Waals surface area contributed by atoms with Gasteiger partial charge in [-0.1, -0.05) is 26.2 Å². The molecule has 2 aliphatic rings. The first-order valence-electron chi connectivity index (χ1n) is 7.83. The number of hydrogen-bond acceptors (Lipinski definition) is 2. The lowest BCUT2D eigenvalue weighted by Gasteiger charge is -2.33. The standard InChI is InChI=1S/C16H28O2/c1-3-13-7-8-14(11-13)12-15(17)18-16(2)9-5-4-6-10-16/h13-14H,3-12H2,1-2H3. The molecule has 18 heavy (non-hydrogen) atoms. The SMILES string of the molecule is CCC1CCC(CC(=O)OC2(C)CCCCC2)C1. The maximum absolute atomic E-state index is 12.0. The van der Waals surface area contributed by atoms with Crippen molar-refractivity contribution >= 4 is 5.97 Å². The van der Waals surface area contributed by atoms with Crippen LogP contribution in [0.15, 0.2) is 0 Å². The van der Waals surface area contributed by atoms with Crippen LogP contribution in [0.4, 0.5) is 0 Å². The summed E-state index contributed by atoms with van der Waals surface area (Å²) in [7, 11) is 0. The summed E-state index contributed by atoms with van der Waals surface area (Å²) in [6.45, 7) is 4.38. The van der Waals surface area contributed by atoms with Crippen LogP contribution in [0, 0.1) is 11.8 Å². The van der Waals surface area contributed by atoms with E-state index in [0.717, 1.165) is 18.8 Å². The molecule has 0 aliphatic heterocycles. The second-order valence-corrected chi connectivity index (χ2v) is 6.64. The fraction of sp³-hybridized carbons (Fsp3) is 0.938. The highest BCUT2D eigenvalue weighted by atomic mass is 16.6. The lowest BCUT2D eigenvalue weighted by Crippen LogP contribution is -2.34. The Morgan fingerprint density at radius 3 is 2.44 bits per heavy atom. The summed E-state index contributed by atoms with van der Waals surface area (Å²) in [5, 5.41) is 0. The number of carbonyl (C=O) groups excluding carboxylic acids is 1. The molecule has 2 fully saturated rings. The quantitative estimate of drug-likeness (QED) is 0.690. The molecule has 0 saturated heterocycles. The zero-order valence-corrected chi connectivity index (χ0v) is 12.0. The van der Waals surface area contributed by atoms with Gasteiger partial charge in [-0.2, -0.15) is 0 Å². The molecule has 2 saturated carbocycles. The van der Waals surface area contributed by atoms with Gasteiger partial charge in [-0.3, -0.25) is 4.79 Å². The highest BCUT2D eigenvalue weighted by Crippen LogP contribution is 2.36. The predicted octanol–water partition coefficient (Wildman–Crippen LogP) is 4.47. The van der Waals surface area contributed by atoms with E-state index in [-0.39, 0.29) is 11.6 Å². The zero-order chi connectivity index (χ0) is 13.0. The Morgan fingerprint density at radius 1 is 1.17 bits per heavy atom. The van der Waals surface area contributed by atoms with Gasteiger partial charge in [0, 0.05) is 6.42 Å². The molecule has 0 amide bonds. The van der Waals surface area contributed by atoms with Crippen LogP contribution in [-0.4, -0.2) is 11.6 Å². The Hall–Kier alpha value is -0.530. The van der Waals surface area contributed by atoms with E-state index in [4.69, 9.17) is 4.74 Å². The summed E-state index contributed by atoms with van der Waals surface area (Å²) >= 11 is 0. The van der Waals surface area contributed by atoms with Gasteiger partial charge in [0.05, 0.1) is 0 Å². The molecule has 2 heteroatoms. The molecule has 104 valence electrons. The van der Waals surface area contributed by atoms with Gasteiger partial charge in [0.2, 0.25) is 0 Å². The maximum atomic E-state index is 12.0. The summed E-state index contributed by atoms with van der Waals surface area (Å²) < 4.78 is 5.77. The Bertz CT molecular complexity index is 279. The van der Waals surface area contributed by atoms with Crippen molar-refractivity contribution < 1.29 is 9.53 Å². The van der Waals surface area contributed by atoms with Crippen LogP contribution in [0.1, 0.15) is 78.1 Å². The van der Waals surface area contributed by atoms with Gasteiger partial charge in [0.25, 0.3) is 0 Å². The van der Waals surface area contributed by atoms with E-state index in [1.54, 1.807) is 0 Å². The normalized spacial score (nSPS) is 31.2. The van der Waals surface area contributed by atoms with Crippen LogP contribution < -0.4 is 0 Å². The van der Waals surface area contributed by atoms with Crippen LogP contribution in [0.2, 0.25) is 0 Å². The second kappa shape index (κ2) is 6.08. The third-order valence-corrected chi connectivity index (χ3v) is 4.95. The Morgan fingerprint density at radius 2 is 1.83 bits per heavy atom. The smallest absolute Gasteiger partial charge is 0.306 e. The number of hydrogen-bond donors (Lipinski definition) is 0. The molecular weight excluding hydrogens is 224 g/mol. The van der Waals surface area contributed by atoms with Crippen molar-refractivity contribution in [1.82, 2.24) is 0 Å². The zero-order valence-electron chi connectivity index (χ0n) is 12.0. The first-order valence-corrected chi connectivity index (χ1v) is 7.83. The van der Waals surface area contributed by atoms with Crippen LogP contribution in [-0.2, 0) is 9.53 Å². The second-order valence-electron chi connectivity index (χ2n) is 6.64. The van der Waals surface area contributed by atoms with E-state index >= 15 is 0 Å². The monoisotopic (exact) mass is 252 g/mol. The summed E-state index contributed by atoms with van der Waals surface area (Å²) in [6.07, 6.45) is 11.5. The highest BCUT2D eigenvalue weighted by molar-refractivity contribution is 5.70. The minimum absolute atomic E-state index is 0.0566. The van der Waals surface area contributed by atoms with E-state index in [2.05, 4.69) is 13.8 Å². The summed E-state index contributed by atoms with van der Waals surface area (Å²) in [4.78, 5) is 12.0. The lowest BCUT2D eigenvalue weighted by atomic mass is 9.86. The molecule has 0 aromatic rings. The van der Waals surface area contributed by atoms with Crippen molar-refractivity contribution in [2.45, 2.75) is 83.7 Å². The van der Waals surface area contributed by atoms with E-state index in [0.29, 0.717) is 12.3 Å². The van der Waals surface area contributed by atoms with Gasteiger partial charge in [-0.15, -0.1) is 0 Å². The van der Waals surface area contributed by atoms with E-state index < -0.39 is 0 Å². The molecule has 2 unspecified atom stereocenters. The van der Waals surface area contributed by atoms with Crippen LogP contribution in [0.25, 0.3) is 0 Å². The average molecular weight is 252 g/mol. The molecule has 0 bridgehead atoms. The predicted molar refractivity (Wildman–Crippen MR) is 73.3 cm³/mol. The Kier molecular flexibility index (Phi) is 4.69. The first kappa shape index (κ1) is 13.9. The van der Waals surface area contributed by atoms with E-state index in [9.17, 15) is 4.79 Å². The Balaban J connectivity index is 1.75. The Labute approximate surface area is 111 Å².